The lowest BCUT2D eigenvalue weighted by molar-refractivity contribution is -0.123. The first-order valence-corrected chi connectivity index (χ1v) is 14.7. The van der Waals surface area contributed by atoms with Crippen molar-refractivity contribution in [2.45, 2.75) is 148 Å². The zero-order valence-corrected chi connectivity index (χ0v) is 23.1. The van der Waals surface area contributed by atoms with Crippen molar-refractivity contribution < 1.29 is 15.0 Å². The third kappa shape index (κ3) is 24.1. The summed E-state index contributed by atoms with van der Waals surface area (Å²) in [5.74, 6) is -0.0857. The van der Waals surface area contributed by atoms with Crippen LogP contribution in [-0.4, -0.2) is 34.9 Å². The van der Waals surface area contributed by atoms with Crippen molar-refractivity contribution in [2.75, 3.05) is 6.61 Å². The predicted molar refractivity (Wildman–Crippen MR) is 152 cm³/mol. The Morgan fingerprint density at radius 3 is 1.74 bits per heavy atom. The minimum Gasteiger partial charge on any atom is -0.394 e. The van der Waals surface area contributed by atoms with Gasteiger partial charge in [-0.3, -0.25) is 4.79 Å². The highest BCUT2D eigenvalue weighted by Gasteiger charge is 2.17. The van der Waals surface area contributed by atoms with E-state index in [4.69, 9.17) is 0 Å². The molecule has 0 heterocycles. The molecule has 0 fully saturated rings. The molecule has 2 atom stereocenters. The van der Waals surface area contributed by atoms with E-state index < -0.39 is 12.1 Å². The van der Waals surface area contributed by atoms with Crippen LogP contribution in [-0.2, 0) is 4.79 Å². The van der Waals surface area contributed by atoms with Gasteiger partial charge in [-0.2, -0.15) is 0 Å². The highest BCUT2D eigenvalue weighted by atomic mass is 16.3. The van der Waals surface area contributed by atoms with Crippen LogP contribution in [0.15, 0.2) is 36.5 Å². The Kier molecular flexibility index (Phi) is 26.1. The Morgan fingerprint density at radius 1 is 0.686 bits per heavy atom. The van der Waals surface area contributed by atoms with Crippen molar-refractivity contribution in [3.8, 4) is 0 Å². The summed E-state index contributed by atoms with van der Waals surface area (Å²) in [7, 11) is 0. The molecule has 204 valence electrons. The SMILES string of the molecule is CCCCCC/C=C\C/C=C\CCCCCCCC(=O)NC(CO)C(O)/C=C/CCCCCCC. The number of carbonyl (C=O) groups excluding carboxylic acids is 1. The van der Waals surface area contributed by atoms with E-state index in [0.29, 0.717) is 6.42 Å². The van der Waals surface area contributed by atoms with Gasteiger partial charge in [-0.25, -0.2) is 0 Å². The number of aliphatic hydroxyl groups is 2. The fraction of sp³-hybridized carbons (Fsp3) is 0.774. The zero-order valence-electron chi connectivity index (χ0n) is 23.1. The van der Waals surface area contributed by atoms with Crippen LogP contribution in [0.2, 0.25) is 0 Å². The minimum absolute atomic E-state index is 0.0857. The molecule has 0 aliphatic rings. The Hall–Kier alpha value is -1.39. The van der Waals surface area contributed by atoms with E-state index in [1.54, 1.807) is 6.08 Å². The molecule has 35 heavy (non-hydrogen) atoms. The van der Waals surface area contributed by atoms with Gasteiger partial charge in [-0.05, 0) is 51.4 Å². The van der Waals surface area contributed by atoms with E-state index in [2.05, 4.69) is 43.5 Å². The molecule has 0 aliphatic heterocycles. The highest BCUT2D eigenvalue weighted by Crippen LogP contribution is 2.09. The number of aliphatic hydroxyl groups excluding tert-OH is 2. The van der Waals surface area contributed by atoms with E-state index in [9.17, 15) is 15.0 Å². The van der Waals surface area contributed by atoms with Crippen LogP contribution in [0.5, 0.6) is 0 Å². The molecule has 2 unspecified atom stereocenters. The smallest absolute Gasteiger partial charge is 0.220 e. The van der Waals surface area contributed by atoms with E-state index in [1.807, 2.05) is 6.08 Å². The topological polar surface area (TPSA) is 69.6 Å². The number of allylic oxidation sites excluding steroid dienone is 5. The standard InChI is InChI=1S/C31H57NO3/c1-3-5-7-9-11-12-13-14-15-16-17-18-19-21-23-25-27-31(35)32-29(28-33)30(34)26-24-22-20-10-8-6-4-2/h12-13,15-16,24,26,29-30,33-34H,3-11,14,17-23,25,27-28H2,1-2H3,(H,32,35)/b13-12-,16-15-,26-24+. The Labute approximate surface area is 217 Å². The van der Waals surface area contributed by atoms with Crippen molar-refractivity contribution >= 4 is 5.91 Å². The number of hydrogen-bond acceptors (Lipinski definition) is 3. The molecule has 4 nitrogen and oxygen atoms in total. The summed E-state index contributed by atoms with van der Waals surface area (Å²) >= 11 is 0. The second-order valence-corrected chi connectivity index (χ2v) is 9.81. The normalized spacial score (nSPS) is 13.8. The molecule has 3 N–H and O–H groups in total. The van der Waals surface area contributed by atoms with Crippen LogP contribution in [0.1, 0.15) is 136 Å². The second-order valence-electron chi connectivity index (χ2n) is 9.81. The second kappa shape index (κ2) is 27.2. The Balaban J connectivity index is 3.70. The fourth-order valence-corrected chi connectivity index (χ4v) is 4.03. The molecule has 0 saturated carbocycles. The Morgan fingerprint density at radius 2 is 1.17 bits per heavy atom. The van der Waals surface area contributed by atoms with Gasteiger partial charge in [0.25, 0.3) is 0 Å². The number of rotatable bonds is 25. The van der Waals surface area contributed by atoms with Gasteiger partial charge in [0.1, 0.15) is 0 Å². The molecule has 0 bridgehead atoms. The molecule has 1 amide bonds. The van der Waals surface area contributed by atoms with Gasteiger partial charge in [-0.15, -0.1) is 0 Å². The Bertz CT molecular complexity index is 541. The largest absolute Gasteiger partial charge is 0.394 e. The van der Waals surface area contributed by atoms with Crippen molar-refractivity contribution in [3.63, 3.8) is 0 Å². The maximum absolute atomic E-state index is 12.2. The molecule has 0 spiro atoms. The molecular weight excluding hydrogens is 434 g/mol. The van der Waals surface area contributed by atoms with Gasteiger partial charge >= 0.3 is 0 Å². The number of unbranched alkanes of at least 4 members (excludes halogenated alkanes) is 14. The van der Waals surface area contributed by atoms with Crippen LogP contribution >= 0.6 is 0 Å². The van der Waals surface area contributed by atoms with Gasteiger partial charge in [0.2, 0.25) is 5.91 Å². The molecule has 0 radical (unpaired) electrons. The quantitative estimate of drug-likeness (QED) is 0.0896. The summed E-state index contributed by atoms with van der Waals surface area (Å²) in [5.41, 5.74) is 0. The average molecular weight is 492 g/mol. The average Bonchev–Trinajstić information content (AvgIpc) is 2.86. The molecule has 0 rings (SSSR count). The summed E-state index contributed by atoms with van der Waals surface area (Å²) in [4.78, 5) is 12.2. The monoisotopic (exact) mass is 491 g/mol. The fourth-order valence-electron chi connectivity index (χ4n) is 4.03. The summed E-state index contributed by atoms with van der Waals surface area (Å²) < 4.78 is 0. The predicted octanol–water partition coefficient (Wildman–Crippen LogP) is 7.94. The van der Waals surface area contributed by atoms with Crippen molar-refractivity contribution in [1.82, 2.24) is 5.32 Å². The first-order chi connectivity index (χ1) is 17.2. The molecule has 4 heteroatoms. The third-order valence-electron chi connectivity index (χ3n) is 6.37. The lowest BCUT2D eigenvalue weighted by Gasteiger charge is -2.20. The van der Waals surface area contributed by atoms with Crippen molar-refractivity contribution in [3.05, 3.63) is 36.5 Å². The number of nitrogens with one attached hydrogen (secondary N) is 1. The van der Waals surface area contributed by atoms with Gasteiger partial charge in [0.05, 0.1) is 18.8 Å². The third-order valence-corrected chi connectivity index (χ3v) is 6.37. The summed E-state index contributed by atoms with van der Waals surface area (Å²) in [6, 6.07) is -0.624. The number of amides is 1. The van der Waals surface area contributed by atoms with Gasteiger partial charge < -0.3 is 15.5 Å². The molecule has 0 saturated heterocycles. The number of hydrogen-bond donors (Lipinski definition) is 3. The molecular formula is C31H57NO3. The molecule has 0 aromatic carbocycles. The van der Waals surface area contributed by atoms with E-state index in [-0.39, 0.29) is 12.5 Å². The first kappa shape index (κ1) is 33.6. The molecule has 0 aromatic rings. The van der Waals surface area contributed by atoms with Crippen molar-refractivity contribution in [1.29, 1.82) is 0 Å². The zero-order chi connectivity index (χ0) is 25.8. The van der Waals surface area contributed by atoms with Crippen molar-refractivity contribution in [2.24, 2.45) is 0 Å². The maximum atomic E-state index is 12.2. The summed E-state index contributed by atoms with van der Waals surface area (Å²) in [5, 5.41) is 22.6. The van der Waals surface area contributed by atoms with Crippen LogP contribution in [0.4, 0.5) is 0 Å². The maximum Gasteiger partial charge on any atom is 0.220 e. The van der Waals surface area contributed by atoms with Gasteiger partial charge in [0.15, 0.2) is 0 Å². The molecule has 0 aromatic heterocycles. The van der Waals surface area contributed by atoms with Crippen LogP contribution in [0.3, 0.4) is 0 Å². The van der Waals surface area contributed by atoms with E-state index >= 15 is 0 Å². The summed E-state index contributed by atoms with van der Waals surface area (Å²) in [6.07, 6.45) is 33.6. The van der Waals surface area contributed by atoms with Gasteiger partial charge in [0, 0.05) is 6.42 Å². The van der Waals surface area contributed by atoms with Gasteiger partial charge in [-0.1, -0.05) is 115 Å². The van der Waals surface area contributed by atoms with E-state index in [0.717, 1.165) is 44.9 Å². The van der Waals surface area contributed by atoms with E-state index in [1.165, 1.54) is 70.6 Å². The van der Waals surface area contributed by atoms with Crippen LogP contribution in [0.25, 0.3) is 0 Å². The van der Waals surface area contributed by atoms with Crippen LogP contribution < -0.4 is 5.32 Å². The first-order valence-electron chi connectivity index (χ1n) is 14.7. The van der Waals surface area contributed by atoms with Crippen LogP contribution in [0, 0.1) is 0 Å². The molecule has 0 aliphatic carbocycles. The lowest BCUT2D eigenvalue weighted by atomic mass is 10.1. The lowest BCUT2D eigenvalue weighted by Crippen LogP contribution is -2.45. The number of carbonyl (C=O) groups is 1. The highest BCUT2D eigenvalue weighted by molar-refractivity contribution is 5.76. The summed E-state index contributed by atoms with van der Waals surface area (Å²) in [6.45, 7) is 4.20. The minimum atomic E-state index is -0.839.